The van der Waals surface area contributed by atoms with Gasteiger partial charge in [0, 0.05) is 17.9 Å². The van der Waals surface area contributed by atoms with E-state index in [-0.39, 0.29) is 0 Å². The predicted molar refractivity (Wildman–Crippen MR) is 73.5 cm³/mol. The molecule has 2 N–H and O–H groups in total. The molecule has 2 rings (SSSR count). The molecule has 0 radical (unpaired) electrons. The van der Waals surface area contributed by atoms with E-state index in [4.69, 9.17) is 15.0 Å². The van der Waals surface area contributed by atoms with Gasteiger partial charge in [-0.25, -0.2) is 0 Å². The van der Waals surface area contributed by atoms with Crippen molar-refractivity contribution in [3.8, 4) is 11.5 Å². The zero-order chi connectivity index (χ0) is 14.0. The van der Waals surface area contributed by atoms with Crippen molar-refractivity contribution in [3.63, 3.8) is 0 Å². The lowest BCUT2D eigenvalue weighted by atomic mass is 10.1. The fourth-order valence-corrected chi connectivity index (χ4v) is 1.89. The normalized spacial score (nSPS) is 11.8. The van der Waals surface area contributed by atoms with Crippen LogP contribution >= 0.6 is 0 Å². The SMILES string of the molecule is CCOC(C)(C)c1noc(-c2cccc(N)c2C)n1. The number of nitrogen functional groups attached to an aromatic ring is 1. The number of hydrogen-bond donors (Lipinski definition) is 1. The topological polar surface area (TPSA) is 74.2 Å². The summed E-state index contributed by atoms with van der Waals surface area (Å²) in [6, 6.07) is 5.63. The first-order valence-electron chi connectivity index (χ1n) is 6.29. The molecular weight excluding hydrogens is 242 g/mol. The molecule has 0 aliphatic heterocycles. The summed E-state index contributed by atoms with van der Waals surface area (Å²) in [5.74, 6) is 0.999. The van der Waals surface area contributed by atoms with Gasteiger partial charge in [0.05, 0.1) is 0 Å². The van der Waals surface area contributed by atoms with Crippen LogP contribution in [-0.4, -0.2) is 16.7 Å². The highest BCUT2D eigenvalue weighted by Crippen LogP contribution is 2.28. The van der Waals surface area contributed by atoms with Crippen LogP contribution < -0.4 is 5.73 Å². The van der Waals surface area contributed by atoms with Gasteiger partial charge in [-0.05, 0) is 45.4 Å². The molecule has 5 nitrogen and oxygen atoms in total. The number of rotatable bonds is 4. The van der Waals surface area contributed by atoms with Crippen LogP contribution in [0.3, 0.4) is 0 Å². The summed E-state index contributed by atoms with van der Waals surface area (Å²) in [6.45, 7) is 8.29. The molecule has 0 saturated heterocycles. The first-order valence-corrected chi connectivity index (χ1v) is 6.29. The third-order valence-electron chi connectivity index (χ3n) is 3.08. The average molecular weight is 261 g/mol. The molecule has 5 heteroatoms. The highest BCUT2D eigenvalue weighted by atomic mass is 16.5. The van der Waals surface area contributed by atoms with Crippen LogP contribution in [-0.2, 0) is 10.3 Å². The van der Waals surface area contributed by atoms with Crippen molar-refractivity contribution in [2.45, 2.75) is 33.3 Å². The van der Waals surface area contributed by atoms with E-state index in [9.17, 15) is 0 Å². The van der Waals surface area contributed by atoms with Crippen LogP contribution in [0.5, 0.6) is 0 Å². The number of anilines is 1. The molecule has 19 heavy (non-hydrogen) atoms. The third-order valence-corrected chi connectivity index (χ3v) is 3.08. The molecule has 0 fully saturated rings. The van der Waals surface area contributed by atoms with Gasteiger partial charge in [-0.3, -0.25) is 0 Å². The summed E-state index contributed by atoms with van der Waals surface area (Å²) in [7, 11) is 0. The molecule has 0 amide bonds. The van der Waals surface area contributed by atoms with E-state index in [1.807, 2.05) is 45.9 Å². The third kappa shape index (κ3) is 2.61. The standard InChI is InChI=1S/C14H19N3O2/c1-5-18-14(3,4)13-16-12(19-17-13)10-7-6-8-11(15)9(10)2/h6-8H,5,15H2,1-4H3. The molecule has 0 bridgehead atoms. The Bertz CT molecular complexity index is 576. The lowest BCUT2D eigenvalue weighted by Gasteiger charge is -2.19. The van der Waals surface area contributed by atoms with Crippen molar-refractivity contribution >= 4 is 5.69 Å². The number of hydrogen-bond acceptors (Lipinski definition) is 5. The maximum absolute atomic E-state index is 5.88. The predicted octanol–water partition coefficient (Wildman–Crippen LogP) is 2.90. The van der Waals surface area contributed by atoms with Crippen molar-refractivity contribution in [1.29, 1.82) is 0 Å². The summed E-state index contributed by atoms with van der Waals surface area (Å²) in [4.78, 5) is 4.41. The van der Waals surface area contributed by atoms with Gasteiger partial charge in [0.2, 0.25) is 5.82 Å². The second-order valence-electron chi connectivity index (χ2n) is 4.89. The molecule has 0 aliphatic carbocycles. The summed E-state index contributed by atoms with van der Waals surface area (Å²) in [5.41, 5.74) is 7.82. The van der Waals surface area contributed by atoms with E-state index < -0.39 is 5.60 Å². The van der Waals surface area contributed by atoms with E-state index in [0.29, 0.717) is 24.0 Å². The molecule has 0 unspecified atom stereocenters. The fraction of sp³-hybridized carbons (Fsp3) is 0.429. The summed E-state index contributed by atoms with van der Waals surface area (Å²) >= 11 is 0. The minimum Gasteiger partial charge on any atom is -0.398 e. The van der Waals surface area contributed by atoms with Gasteiger partial charge >= 0.3 is 0 Å². The molecular formula is C14H19N3O2. The molecule has 1 aromatic carbocycles. The lowest BCUT2D eigenvalue weighted by molar-refractivity contribution is -0.0221. The quantitative estimate of drug-likeness (QED) is 0.856. The van der Waals surface area contributed by atoms with Gasteiger partial charge in [-0.2, -0.15) is 4.98 Å². The van der Waals surface area contributed by atoms with Crippen molar-refractivity contribution in [3.05, 3.63) is 29.6 Å². The number of aromatic nitrogens is 2. The number of nitrogens with two attached hydrogens (primary N) is 1. The van der Waals surface area contributed by atoms with Crippen LogP contribution in [0, 0.1) is 6.92 Å². The maximum atomic E-state index is 5.88. The van der Waals surface area contributed by atoms with Crippen molar-refractivity contribution in [2.75, 3.05) is 12.3 Å². The van der Waals surface area contributed by atoms with Crippen LogP contribution in [0.1, 0.15) is 32.2 Å². The van der Waals surface area contributed by atoms with Crippen molar-refractivity contribution in [1.82, 2.24) is 10.1 Å². The average Bonchev–Trinajstić information content (AvgIpc) is 2.82. The van der Waals surface area contributed by atoms with Crippen LogP contribution in [0.15, 0.2) is 22.7 Å². The Labute approximate surface area is 112 Å². The fourth-order valence-electron chi connectivity index (χ4n) is 1.89. The Balaban J connectivity index is 2.39. The van der Waals surface area contributed by atoms with Crippen molar-refractivity contribution in [2.24, 2.45) is 0 Å². The Kier molecular flexibility index (Phi) is 3.57. The first-order chi connectivity index (χ1) is 8.95. The first kappa shape index (κ1) is 13.5. The van der Waals surface area contributed by atoms with E-state index in [1.54, 1.807) is 0 Å². The molecule has 0 saturated carbocycles. The minimum absolute atomic E-state index is 0.465. The van der Waals surface area contributed by atoms with Crippen LogP contribution in [0.4, 0.5) is 5.69 Å². The van der Waals surface area contributed by atoms with Gasteiger partial charge in [0.1, 0.15) is 5.60 Å². The summed E-state index contributed by atoms with van der Waals surface area (Å²) in [5, 5.41) is 4.00. The summed E-state index contributed by atoms with van der Waals surface area (Å²) in [6.07, 6.45) is 0. The number of ether oxygens (including phenoxy) is 1. The molecule has 1 aromatic heterocycles. The van der Waals surface area contributed by atoms with E-state index >= 15 is 0 Å². The number of nitrogens with zero attached hydrogens (tertiary/aromatic N) is 2. The van der Waals surface area contributed by atoms with Crippen LogP contribution in [0.25, 0.3) is 11.5 Å². The van der Waals surface area contributed by atoms with Gasteiger partial charge in [0.25, 0.3) is 5.89 Å². The Morgan fingerprint density at radius 1 is 1.37 bits per heavy atom. The van der Waals surface area contributed by atoms with Gasteiger partial charge in [-0.15, -0.1) is 0 Å². The Morgan fingerprint density at radius 2 is 2.11 bits per heavy atom. The largest absolute Gasteiger partial charge is 0.398 e. The highest BCUT2D eigenvalue weighted by Gasteiger charge is 2.27. The number of benzene rings is 1. The molecule has 2 aromatic rings. The molecule has 0 aliphatic rings. The van der Waals surface area contributed by atoms with Gasteiger partial charge < -0.3 is 15.0 Å². The van der Waals surface area contributed by atoms with Crippen LogP contribution in [0.2, 0.25) is 0 Å². The summed E-state index contributed by atoms with van der Waals surface area (Å²) < 4.78 is 10.9. The second kappa shape index (κ2) is 5.01. The molecule has 102 valence electrons. The smallest absolute Gasteiger partial charge is 0.258 e. The zero-order valence-electron chi connectivity index (χ0n) is 11.7. The van der Waals surface area contributed by atoms with Gasteiger partial charge in [-0.1, -0.05) is 11.2 Å². The zero-order valence-corrected chi connectivity index (χ0v) is 11.7. The lowest BCUT2D eigenvalue weighted by Crippen LogP contribution is -2.23. The maximum Gasteiger partial charge on any atom is 0.258 e. The van der Waals surface area contributed by atoms with E-state index in [1.165, 1.54) is 0 Å². The van der Waals surface area contributed by atoms with E-state index in [0.717, 1.165) is 11.1 Å². The van der Waals surface area contributed by atoms with Gasteiger partial charge in [0.15, 0.2) is 0 Å². The molecule has 1 heterocycles. The second-order valence-corrected chi connectivity index (χ2v) is 4.89. The Hall–Kier alpha value is -1.88. The van der Waals surface area contributed by atoms with E-state index in [2.05, 4.69) is 10.1 Å². The molecule has 0 atom stereocenters. The van der Waals surface area contributed by atoms with Crippen molar-refractivity contribution < 1.29 is 9.26 Å². The highest BCUT2D eigenvalue weighted by molar-refractivity contribution is 5.66. The molecule has 0 spiro atoms. The Morgan fingerprint density at radius 3 is 2.79 bits per heavy atom. The monoisotopic (exact) mass is 261 g/mol. The minimum atomic E-state index is -0.565.